The van der Waals surface area contributed by atoms with E-state index in [1.54, 1.807) is 0 Å². The number of hydrogen-bond acceptors (Lipinski definition) is 2. The zero-order chi connectivity index (χ0) is 11.5. The third kappa shape index (κ3) is 2.17. The number of anilines is 1. The zero-order valence-electron chi connectivity index (χ0n) is 9.71. The highest BCUT2D eigenvalue weighted by molar-refractivity contribution is 5.46. The average molecular weight is 224 g/mol. The summed E-state index contributed by atoms with van der Waals surface area (Å²) < 4.78 is 0. The summed E-state index contributed by atoms with van der Waals surface area (Å²) in [6.07, 6.45) is 1.15. The Bertz CT molecular complexity index is 421. The summed E-state index contributed by atoms with van der Waals surface area (Å²) in [7, 11) is 0. The molecule has 1 aliphatic heterocycles. The van der Waals surface area contributed by atoms with Gasteiger partial charge in [0.25, 0.3) is 0 Å². The lowest BCUT2D eigenvalue weighted by atomic mass is 10.1. The van der Waals surface area contributed by atoms with Gasteiger partial charge in [-0.2, -0.15) is 0 Å². The molecule has 0 spiro atoms. The fourth-order valence-corrected chi connectivity index (χ4v) is 2.31. The fraction of sp³-hybridized carbons (Fsp3) is 0.200. The van der Waals surface area contributed by atoms with Crippen LogP contribution in [0.2, 0.25) is 0 Å². The Morgan fingerprint density at radius 2 is 1.53 bits per heavy atom. The van der Waals surface area contributed by atoms with E-state index in [0.29, 0.717) is 6.04 Å². The van der Waals surface area contributed by atoms with E-state index in [1.165, 1.54) is 11.3 Å². The van der Waals surface area contributed by atoms with Gasteiger partial charge >= 0.3 is 0 Å². The van der Waals surface area contributed by atoms with E-state index in [9.17, 15) is 0 Å². The first-order valence-corrected chi connectivity index (χ1v) is 6.07. The highest BCUT2D eigenvalue weighted by Gasteiger charge is 2.22. The molecule has 1 atom stereocenters. The summed E-state index contributed by atoms with van der Waals surface area (Å²) in [6.45, 7) is 1.06. The highest BCUT2D eigenvalue weighted by atomic mass is 15.5. The van der Waals surface area contributed by atoms with Crippen molar-refractivity contribution in [3.63, 3.8) is 0 Å². The predicted octanol–water partition coefficient (Wildman–Crippen LogP) is 3.14. The number of nitrogens with zero attached hydrogens (tertiary/aromatic N) is 1. The quantitative estimate of drug-likeness (QED) is 0.843. The van der Waals surface area contributed by atoms with Crippen molar-refractivity contribution in [1.82, 2.24) is 5.43 Å². The number of rotatable bonds is 2. The summed E-state index contributed by atoms with van der Waals surface area (Å²) in [5, 5.41) is 2.23. The topological polar surface area (TPSA) is 15.3 Å². The molecular weight excluding hydrogens is 208 g/mol. The molecule has 17 heavy (non-hydrogen) atoms. The van der Waals surface area contributed by atoms with Gasteiger partial charge in [0, 0.05) is 6.54 Å². The molecule has 1 unspecified atom stereocenters. The Balaban J connectivity index is 1.75. The van der Waals surface area contributed by atoms with Gasteiger partial charge in [-0.1, -0.05) is 48.5 Å². The Hall–Kier alpha value is -1.80. The molecule has 0 aliphatic carbocycles. The summed E-state index contributed by atoms with van der Waals surface area (Å²) >= 11 is 0. The summed E-state index contributed by atoms with van der Waals surface area (Å²) in [5.41, 5.74) is 6.17. The second-order valence-corrected chi connectivity index (χ2v) is 4.37. The van der Waals surface area contributed by atoms with Gasteiger partial charge < -0.3 is 5.01 Å². The maximum atomic E-state index is 3.56. The van der Waals surface area contributed by atoms with Crippen molar-refractivity contribution in [3.05, 3.63) is 66.2 Å². The third-order valence-corrected chi connectivity index (χ3v) is 3.22. The molecule has 2 heteroatoms. The number of nitrogens with one attached hydrogen (secondary N) is 1. The van der Waals surface area contributed by atoms with Gasteiger partial charge in [-0.3, -0.25) is 0 Å². The van der Waals surface area contributed by atoms with Gasteiger partial charge in [-0.05, 0) is 24.1 Å². The highest BCUT2D eigenvalue weighted by Crippen LogP contribution is 2.25. The van der Waals surface area contributed by atoms with E-state index in [1.807, 2.05) is 6.07 Å². The van der Waals surface area contributed by atoms with Gasteiger partial charge in [0.2, 0.25) is 0 Å². The van der Waals surface area contributed by atoms with E-state index in [0.717, 1.165) is 13.0 Å². The minimum absolute atomic E-state index is 0.441. The third-order valence-electron chi connectivity index (χ3n) is 3.22. The number of hydrazine groups is 1. The normalized spacial score (nSPS) is 19.5. The molecule has 1 fully saturated rings. The lowest BCUT2D eigenvalue weighted by Crippen LogP contribution is -2.31. The van der Waals surface area contributed by atoms with E-state index >= 15 is 0 Å². The van der Waals surface area contributed by atoms with Gasteiger partial charge in [0.1, 0.15) is 0 Å². The maximum Gasteiger partial charge on any atom is 0.0529 e. The van der Waals surface area contributed by atoms with Gasteiger partial charge in [0.15, 0.2) is 0 Å². The first-order valence-electron chi connectivity index (χ1n) is 6.07. The van der Waals surface area contributed by atoms with Crippen LogP contribution in [0.3, 0.4) is 0 Å². The molecule has 0 aromatic heterocycles. The van der Waals surface area contributed by atoms with Crippen molar-refractivity contribution in [2.75, 3.05) is 11.6 Å². The summed E-state index contributed by atoms with van der Waals surface area (Å²) in [5.74, 6) is 0. The number of benzene rings is 2. The van der Waals surface area contributed by atoms with Crippen molar-refractivity contribution in [2.45, 2.75) is 12.5 Å². The molecule has 1 saturated heterocycles. The first-order chi connectivity index (χ1) is 8.43. The van der Waals surface area contributed by atoms with Gasteiger partial charge in [0.05, 0.1) is 11.7 Å². The van der Waals surface area contributed by atoms with Crippen LogP contribution in [-0.2, 0) is 0 Å². The number of hydrogen-bond donors (Lipinski definition) is 1. The van der Waals surface area contributed by atoms with Crippen molar-refractivity contribution in [3.8, 4) is 0 Å². The number of para-hydroxylation sites is 1. The van der Waals surface area contributed by atoms with Crippen molar-refractivity contribution >= 4 is 5.69 Å². The Morgan fingerprint density at radius 1 is 0.882 bits per heavy atom. The minimum atomic E-state index is 0.441. The van der Waals surface area contributed by atoms with Crippen LogP contribution in [-0.4, -0.2) is 6.54 Å². The molecule has 86 valence electrons. The molecule has 1 N–H and O–H groups in total. The molecule has 1 aliphatic rings. The molecule has 2 nitrogen and oxygen atoms in total. The molecule has 0 bridgehead atoms. The largest absolute Gasteiger partial charge is 0.308 e. The smallest absolute Gasteiger partial charge is 0.0529 e. The van der Waals surface area contributed by atoms with E-state index in [4.69, 9.17) is 0 Å². The molecule has 0 saturated carbocycles. The monoisotopic (exact) mass is 224 g/mol. The van der Waals surface area contributed by atoms with Crippen LogP contribution in [0.5, 0.6) is 0 Å². The Morgan fingerprint density at radius 3 is 2.24 bits per heavy atom. The standard InChI is InChI=1S/C15H16N2/c1-3-7-13(8-4-1)15-11-12-17(16-15)14-9-5-2-6-10-14/h1-10,15-16H,11-12H2. The van der Waals surface area contributed by atoms with E-state index in [-0.39, 0.29) is 0 Å². The first kappa shape index (κ1) is 10.4. The molecule has 0 amide bonds. The lowest BCUT2D eigenvalue weighted by Gasteiger charge is -2.20. The SMILES string of the molecule is c1ccc(C2CCN(c3ccccc3)N2)cc1. The van der Waals surface area contributed by atoms with Crippen LogP contribution >= 0.6 is 0 Å². The zero-order valence-corrected chi connectivity index (χ0v) is 9.71. The van der Waals surface area contributed by atoms with E-state index < -0.39 is 0 Å². The second-order valence-electron chi connectivity index (χ2n) is 4.37. The molecule has 1 heterocycles. The fourth-order valence-electron chi connectivity index (χ4n) is 2.31. The summed E-state index contributed by atoms with van der Waals surface area (Å²) in [6, 6.07) is 21.6. The minimum Gasteiger partial charge on any atom is -0.308 e. The van der Waals surface area contributed by atoms with E-state index in [2.05, 4.69) is 65.0 Å². The Kier molecular flexibility index (Phi) is 2.80. The van der Waals surface area contributed by atoms with Crippen molar-refractivity contribution < 1.29 is 0 Å². The van der Waals surface area contributed by atoms with Gasteiger partial charge in [-0.15, -0.1) is 0 Å². The molecular formula is C15H16N2. The Labute approximate surface area is 102 Å². The lowest BCUT2D eigenvalue weighted by molar-refractivity contribution is 0.627. The van der Waals surface area contributed by atoms with Crippen molar-refractivity contribution in [1.29, 1.82) is 0 Å². The van der Waals surface area contributed by atoms with Crippen LogP contribution in [0.4, 0.5) is 5.69 Å². The molecule has 0 radical (unpaired) electrons. The maximum absolute atomic E-state index is 3.56. The molecule has 2 aromatic rings. The second kappa shape index (κ2) is 4.60. The van der Waals surface area contributed by atoms with Crippen molar-refractivity contribution in [2.24, 2.45) is 0 Å². The van der Waals surface area contributed by atoms with Crippen LogP contribution in [0.15, 0.2) is 60.7 Å². The molecule has 2 aromatic carbocycles. The van der Waals surface area contributed by atoms with Crippen LogP contribution in [0.25, 0.3) is 0 Å². The average Bonchev–Trinajstić information content (AvgIpc) is 2.90. The molecule has 3 rings (SSSR count). The predicted molar refractivity (Wildman–Crippen MR) is 70.7 cm³/mol. The van der Waals surface area contributed by atoms with Crippen LogP contribution < -0.4 is 10.4 Å². The van der Waals surface area contributed by atoms with Crippen LogP contribution in [0.1, 0.15) is 18.0 Å². The van der Waals surface area contributed by atoms with Crippen LogP contribution in [0, 0.1) is 0 Å². The summed E-state index contributed by atoms with van der Waals surface area (Å²) in [4.78, 5) is 0. The van der Waals surface area contributed by atoms with Gasteiger partial charge in [-0.25, -0.2) is 5.43 Å².